The van der Waals surface area contributed by atoms with Gasteiger partial charge in [-0.05, 0) is 121 Å². The van der Waals surface area contributed by atoms with Crippen LogP contribution in [0.5, 0.6) is 0 Å². The number of methoxy groups -OCH3 is 2. The van der Waals surface area contributed by atoms with Gasteiger partial charge in [0.1, 0.15) is 6.61 Å². The van der Waals surface area contributed by atoms with E-state index in [2.05, 4.69) is 27.3 Å². The van der Waals surface area contributed by atoms with Crippen molar-refractivity contribution in [3.8, 4) is 0 Å². The Hall–Kier alpha value is -2.25. The number of rotatable bonds is 23. The van der Waals surface area contributed by atoms with Gasteiger partial charge < -0.3 is 23.7 Å². The van der Waals surface area contributed by atoms with Gasteiger partial charge in [0.15, 0.2) is 0 Å². The van der Waals surface area contributed by atoms with Gasteiger partial charge in [0.25, 0.3) is 0 Å². The number of hydrogen-bond donors (Lipinski definition) is 0. The quantitative estimate of drug-likeness (QED) is 0.0195. The molecule has 0 radical (unpaired) electrons. The smallest absolute Gasteiger partial charge is 0.330 e. The number of hydrogen-bond acceptors (Lipinski definition) is 11. The molecule has 4 rings (SSSR count). The van der Waals surface area contributed by atoms with Crippen molar-refractivity contribution in [1.29, 1.82) is 0 Å². The highest BCUT2D eigenvalue weighted by Crippen LogP contribution is 2.30. The molecule has 0 saturated heterocycles. The SMILES string of the molecule is COC/C=C/C1CCC(OCCCCCOC2CCC(/C=C/C(=O)OCCN(CCOC)C3CCC(N=NC4CCC([N+](=O)[O-])CC4)CC3)CC2)CC1. The normalized spacial score (nSPS) is 30.1. The molecule has 0 atom stereocenters. The van der Waals surface area contributed by atoms with Crippen molar-refractivity contribution in [3.05, 3.63) is 34.4 Å². The third-order valence-corrected chi connectivity index (χ3v) is 11.9. The van der Waals surface area contributed by atoms with E-state index in [1.165, 1.54) is 12.8 Å². The Bertz CT molecular complexity index is 1090. The van der Waals surface area contributed by atoms with Crippen LogP contribution in [0.2, 0.25) is 0 Å². The summed E-state index contributed by atoms with van der Waals surface area (Å²) >= 11 is 0. The maximum Gasteiger partial charge on any atom is 0.330 e. The van der Waals surface area contributed by atoms with Crippen LogP contribution in [0.25, 0.3) is 0 Å². The Morgan fingerprint density at radius 2 is 1.23 bits per heavy atom. The highest BCUT2D eigenvalue weighted by Gasteiger charge is 2.30. The van der Waals surface area contributed by atoms with Gasteiger partial charge in [-0.3, -0.25) is 15.0 Å². The van der Waals surface area contributed by atoms with E-state index in [0.29, 0.717) is 69.3 Å². The molecule has 302 valence electrons. The fourth-order valence-corrected chi connectivity index (χ4v) is 8.44. The van der Waals surface area contributed by atoms with E-state index in [1.807, 2.05) is 6.08 Å². The minimum Gasteiger partial charge on any atom is -0.461 e. The van der Waals surface area contributed by atoms with Crippen LogP contribution in [0.3, 0.4) is 0 Å². The zero-order chi connectivity index (χ0) is 37.5. The average molecular weight is 747 g/mol. The van der Waals surface area contributed by atoms with E-state index in [1.54, 1.807) is 20.3 Å². The Morgan fingerprint density at radius 3 is 1.77 bits per heavy atom. The van der Waals surface area contributed by atoms with E-state index < -0.39 is 6.04 Å². The van der Waals surface area contributed by atoms with Crippen molar-refractivity contribution in [1.82, 2.24) is 4.90 Å². The molecule has 0 bridgehead atoms. The minimum absolute atomic E-state index is 0.127. The van der Waals surface area contributed by atoms with Crippen molar-refractivity contribution in [2.45, 2.75) is 158 Å². The van der Waals surface area contributed by atoms with Crippen molar-refractivity contribution < 1.29 is 33.4 Å². The lowest BCUT2D eigenvalue weighted by atomic mass is 9.87. The van der Waals surface area contributed by atoms with Crippen LogP contribution in [0.15, 0.2) is 34.5 Å². The van der Waals surface area contributed by atoms with E-state index >= 15 is 0 Å². The third kappa shape index (κ3) is 17.4. The molecule has 12 nitrogen and oxygen atoms in total. The number of ether oxygens (including phenoxy) is 5. The number of carbonyl (C=O) groups excluding carboxylic acids is 1. The molecule has 0 spiro atoms. The molecular formula is C41H70N4O8. The topological polar surface area (TPSA) is 134 Å². The summed E-state index contributed by atoms with van der Waals surface area (Å²) in [6.45, 7) is 4.87. The number of azo groups is 1. The molecule has 53 heavy (non-hydrogen) atoms. The maximum absolute atomic E-state index is 12.6. The molecule has 12 heteroatoms. The molecule has 4 fully saturated rings. The van der Waals surface area contributed by atoms with E-state index in [-0.39, 0.29) is 23.0 Å². The lowest BCUT2D eigenvalue weighted by Crippen LogP contribution is -2.42. The highest BCUT2D eigenvalue weighted by molar-refractivity contribution is 5.81. The first-order valence-corrected chi connectivity index (χ1v) is 20.9. The van der Waals surface area contributed by atoms with Crippen LogP contribution in [0.1, 0.15) is 122 Å². The van der Waals surface area contributed by atoms with Crippen molar-refractivity contribution in [2.75, 3.05) is 60.3 Å². The summed E-state index contributed by atoms with van der Waals surface area (Å²) in [5.41, 5.74) is 0. The molecule has 0 N–H and O–H groups in total. The molecule has 4 aliphatic rings. The summed E-state index contributed by atoms with van der Waals surface area (Å²) < 4.78 is 28.5. The summed E-state index contributed by atoms with van der Waals surface area (Å²) in [6, 6.07) is 0.340. The van der Waals surface area contributed by atoms with Crippen LogP contribution in [-0.4, -0.2) is 113 Å². The molecule has 0 heterocycles. The third-order valence-electron chi connectivity index (χ3n) is 11.9. The van der Waals surface area contributed by atoms with Crippen LogP contribution in [-0.2, 0) is 28.5 Å². The Kier molecular flexibility index (Phi) is 21.1. The zero-order valence-electron chi connectivity index (χ0n) is 32.9. The fraction of sp³-hybridized carbons (Fsp3) is 0.878. The van der Waals surface area contributed by atoms with Gasteiger partial charge in [-0.2, -0.15) is 10.2 Å². The summed E-state index contributed by atoms with van der Waals surface area (Å²) in [7, 11) is 3.45. The van der Waals surface area contributed by atoms with Crippen molar-refractivity contribution >= 4 is 5.97 Å². The highest BCUT2D eigenvalue weighted by atomic mass is 16.6. The molecule has 0 aromatic carbocycles. The minimum atomic E-state index is -0.413. The number of nitrogens with zero attached hydrogens (tertiary/aromatic N) is 4. The molecular weight excluding hydrogens is 676 g/mol. The van der Waals surface area contributed by atoms with E-state index in [9.17, 15) is 14.9 Å². The number of allylic oxidation sites excluding steroid dienone is 2. The van der Waals surface area contributed by atoms with Gasteiger partial charge >= 0.3 is 5.97 Å². The van der Waals surface area contributed by atoms with Crippen LogP contribution in [0, 0.1) is 22.0 Å². The van der Waals surface area contributed by atoms with E-state index in [4.69, 9.17) is 23.7 Å². The van der Waals surface area contributed by atoms with Gasteiger partial charge in [0.05, 0.1) is 37.5 Å². The summed E-state index contributed by atoms with van der Waals surface area (Å²) in [5.74, 6) is 0.817. The monoisotopic (exact) mass is 747 g/mol. The van der Waals surface area contributed by atoms with Crippen LogP contribution in [0.4, 0.5) is 0 Å². The first-order valence-electron chi connectivity index (χ1n) is 20.9. The molecule has 0 unspecified atom stereocenters. The molecule has 0 amide bonds. The predicted octanol–water partition coefficient (Wildman–Crippen LogP) is 7.91. The molecule has 4 aliphatic carbocycles. The van der Waals surface area contributed by atoms with Gasteiger partial charge in [-0.15, -0.1) is 0 Å². The fourth-order valence-electron chi connectivity index (χ4n) is 8.44. The number of nitro groups is 1. The zero-order valence-corrected chi connectivity index (χ0v) is 32.9. The number of unbranched alkanes of at least 4 members (excludes halogenated alkanes) is 2. The van der Waals surface area contributed by atoms with Crippen molar-refractivity contribution in [3.63, 3.8) is 0 Å². The molecule has 0 aromatic rings. The lowest BCUT2D eigenvalue weighted by molar-refractivity contribution is -0.526. The predicted molar refractivity (Wildman–Crippen MR) is 206 cm³/mol. The van der Waals surface area contributed by atoms with Crippen LogP contribution >= 0.6 is 0 Å². The number of carbonyl (C=O) groups is 1. The molecule has 0 aromatic heterocycles. The van der Waals surface area contributed by atoms with Crippen molar-refractivity contribution in [2.24, 2.45) is 22.1 Å². The van der Waals surface area contributed by atoms with Gasteiger partial charge in [0, 0.05) is 70.4 Å². The Labute approximate surface area is 319 Å². The first-order chi connectivity index (χ1) is 25.9. The largest absolute Gasteiger partial charge is 0.461 e. The standard InChI is InChI=1S/C41H70N4O8/c1-49-28-6-7-33-8-21-39(22-9-33)51-29-4-3-5-30-52-40-23-10-34(11-24-40)12-25-41(46)53-32-27-44(26-31-50-2)37-17-13-35(14-18-37)42-43-36-15-19-38(20-16-36)45(47)48/h6-7,12,25,33-40H,3-5,8-11,13-24,26-32H2,1-2H3/b7-6+,25-12+,43-42?. The molecule has 4 saturated carbocycles. The van der Waals surface area contributed by atoms with Gasteiger partial charge in [-0.25, -0.2) is 4.79 Å². The number of esters is 1. The summed E-state index contributed by atoms with van der Waals surface area (Å²) in [6.07, 6.45) is 27.8. The average Bonchev–Trinajstić information content (AvgIpc) is 3.18. The summed E-state index contributed by atoms with van der Waals surface area (Å²) in [5, 5.41) is 20.2. The summed E-state index contributed by atoms with van der Waals surface area (Å²) in [4.78, 5) is 25.8. The van der Waals surface area contributed by atoms with E-state index in [0.717, 1.165) is 116 Å². The van der Waals surface area contributed by atoms with Crippen LogP contribution < -0.4 is 0 Å². The first kappa shape index (κ1) is 43.5. The lowest BCUT2D eigenvalue weighted by Gasteiger charge is -2.35. The van der Waals surface area contributed by atoms with Gasteiger partial charge in [0.2, 0.25) is 6.04 Å². The van der Waals surface area contributed by atoms with Gasteiger partial charge in [-0.1, -0.05) is 18.2 Å². The second kappa shape index (κ2) is 25.8. The maximum atomic E-state index is 12.6. The Morgan fingerprint density at radius 1 is 0.679 bits per heavy atom. The second-order valence-electron chi connectivity index (χ2n) is 15.8. The Balaban J connectivity index is 1.000. The molecule has 0 aliphatic heterocycles. The second-order valence-corrected chi connectivity index (χ2v) is 15.8.